The summed E-state index contributed by atoms with van der Waals surface area (Å²) in [5.41, 5.74) is 2.65. The molecule has 35 heavy (non-hydrogen) atoms. The molecule has 8 nitrogen and oxygen atoms in total. The maximum Gasteiger partial charge on any atom is 0.412 e. The van der Waals surface area contributed by atoms with Crippen molar-refractivity contribution in [3.8, 4) is 11.1 Å². The number of hydrogen-bond acceptors (Lipinski definition) is 6. The van der Waals surface area contributed by atoms with Gasteiger partial charge in [-0.2, -0.15) is 0 Å². The van der Waals surface area contributed by atoms with Crippen LogP contribution in [0, 0.1) is 0 Å². The predicted octanol–water partition coefficient (Wildman–Crippen LogP) is 5.68. The summed E-state index contributed by atoms with van der Waals surface area (Å²) >= 11 is 0. The summed E-state index contributed by atoms with van der Waals surface area (Å²) in [5.74, 6) is -0.682. The first-order chi connectivity index (χ1) is 16.5. The number of benzene rings is 1. The summed E-state index contributed by atoms with van der Waals surface area (Å²) in [5, 5.41) is 2.87. The highest BCUT2D eigenvalue weighted by atomic mass is 16.6. The Morgan fingerprint density at radius 3 is 2.43 bits per heavy atom. The maximum absolute atomic E-state index is 12.8. The van der Waals surface area contributed by atoms with Crippen LogP contribution in [0.2, 0.25) is 0 Å². The molecule has 0 spiro atoms. The second-order valence-electron chi connectivity index (χ2n) is 9.92. The molecule has 0 fully saturated rings. The average Bonchev–Trinajstić information content (AvgIpc) is 3.21. The lowest BCUT2D eigenvalue weighted by Crippen LogP contribution is -2.35. The summed E-state index contributed by atoms with van der Waals surface area (Å²) in [4.78, 5) is 37.4. The number of carbonyl (C=O) groups excluding carboxylic acids is 3. The van der Waals surface area contributed by atoms with E-state index >= 15 is 0 Å². The van der Waals surface area contributed by atoms with Crippen molar-refractivity contribution in [1.29, 1.82) is 0 Å². The maximum atomic E-state index is 12.8. The molecule has 1 aliphatic rings. The molecule has 1 N–H and O–H groups in total. The lowest BCUT2D eigenvalue weighted by molar-refractivity contribution is -0.141. The molecule has 0 radical (unpaired) electrons. The lowest BCUT2D eigenvalue weighted by atomic mass is 9.70. The van der Waals surface area contributed by atoms with Crippen molar-refractivity contribution in [1.82, 2.24) is 4.57 Å². The Bertz CT molecular complexity index is 1100. The molecule has 1 amide bonds. The van der Waals surface area contributed by atoms with E-state index in [-0.39, 0.29) is 17.8 Å². The fourth-order valence-electron chi connectivity index (χ4n) is 4.97. The van der Waals surface area contributed by atoms with Gasteiger partial charge in [0.1, 0.15) is 11.3 Å². The van der Waals surface area contributed by atoms with Gasteiger partial charge in [0.05, 0.1) is 19.9 Å². The molecule has 1 atom stereocenters. The number of carbonyl (C=O) groups is 3. The first kappa shape index (κ1) is 26.3. The molecule has 3 rings (SSSR count). The minimum atomic E-state index is -0.641. The largest absolute Gasteiger partial charge is 0.469 e. The van der Waals surface area contributed by atoms with Crippen molar-refractivity contribution < 1.29 is 28.6 Å². The van der Waals surface area contributed by atoms with E-state index < -0.39 is 17.7 Å². The van der Waals surface area contributed by atoms with E-state index in [1.807, 2.05) is 55.7 Å². The zero-order valence-electron chi connectivity index (χ0n) is 21.5. The highest BCUT2D eigenvalue weighted by Crippen LogP contribution is 2.48. The highest BCUT2D eigenvalue weighted by Gasteiger charge is 2.41. The van der Waals surface area contributed by atoms with E-state index in [4.69, 9.17) is 14.2 Å². The SMILES string of the molecule is CC[C@]1(CCC(=O)OC)CCCn2c(C(=O)OC)cc(-c3ccccc3NC(=O)OC(C)(C)C)c21. The molecule has 1 aliphatic heterocycles. The Morgan fingerprint density at radius 1 is 1.09 bits per heavy atom. The number of esters is 2. The van der Waals surface area contributed by atoms with Crippen LogP contribution in [0.5, 0.6) is 0 Å². The third kappa shape index (κ3) is 5.69. The molecule has 8 heteroatoms. The number of methoxy groups -OCH3 is 2. The highest BCUT2D eigenvalue weighted by molar-refractivity contribution is 5.95. The van der Waals surface area contributed by atoms with Gasteiger partial charge in [-0.3, -0.25) is 10.1 Å². The number of rotatable bonds is 7. The van der Waals surface area contributed by atoms with Crippen LogP contribution in [0.15, 0.2) is 30.3 Å². The summed E-state index contributed by atoms with van der Waals surface area (Å²) in [7, 11) is 2.76. The van der Waals surface area contributed by atoms with Crippen LogP contribution in [0.1, 0.15) is 76.0 Å². The van der Waals surface area contributed by atoms with Gasteiger partial charge in [0.25, 0.3) is 0 Å². The second-order valence-corrected chi connectivity index (χ2v) is 9.92. The fraction of sp³-hybridized carbons (Fsp3) is 0.519. The average molecular weight is 485 g/mol. The molecule has 0 saturated heterocycles. The van der Waals surface area contributed by atoms with Crippen molar-refractivity contribution in [2.75, 3.05) is 19.5 Å². The van der Waals surface area contributed by atoms with Crippen molar-refractivity contribution >= 4 is 23.7 Å². The van der Waals surface area contributed by atoms with E-state index in [0.717, 1.165) is 36.1 Å². The molecule has 1 aromatic carbocycles. The van der Waals surface area contributed by atoms with Gasteiger partial charge in [0.2, 0.25) is 0 Å². The number of anilines is 1. The minimum absolute atomic E-state index is 0.261. The van der Waals surface area contributed by atoms with Gasteiger partial charge in [-0.15, -0.1) is 0 Å². The molecule has 0 unspecified atom stereocenters. The number of aromatic nitrogens is 1. The zero-order valence-corrected chi connectivity index (χ0v) is 21.5. The van der Waals surface area contributed by atoms with E-state index in [9.17, 15) is 14.4 Å². The van der Waals surface area contributed by atoms with E-state index in [1.54, 1.807) is 0 Å². The van der Waals surface area contributed by atoms with Crippen molar-refractivity contribution in [3.05, 3.63) is 41.7 Å². The summed E-state index contributed by atoms with van der Waals surface area (Å²) in [6.07, 6.45) is 2.84. The summed E-state index contributed by atoms with van der Waals surface area (Å²) < 4.78 is 17.5. The first-order valence-electron chi connectivity index (χ1n) is 12.0. The van der Waals surface area contributed by atoms with Crippen LogP contribution in [-0.4, -0.2) is 42.4 Å². The number of amides is 1. The molecule has 190 valence electrons. The smallest absolute Gasteiger partial charge is 0.412 e. The first-order valence-corrected chi connectivity index (χ1v) is 12.0. The van der Waals surface area contributed by atoms with Crippen LogP contribution in [0.3, 0.4) is 0 Å². The summed E-state index contributed by atoms with van der Waals surface area (Å²) in [6.45, 7) is 8.19. The number of para-hydroxylation sites is 1. The number of nitrogens with one attached hydrogen (secondary N) is 1. The van der Waals surface area contributed by atoms with Crippen LogP contribution in [-0.2, 0) is 31.0 Å². The standard InChI is InChI=1S/C27H36N2O6/c1-7-27(15-13-22(30)33-5)14-10-16-29-21(24(31)34-6)17-19(23(27)29)18-11-8-9-12-20(18)28-25(32)35-26(2,3)4/h8-9,11-12,17H,7,10,13-16H2,1-6H3,(H,28,32)/t27-/m1/s1. The number of nitrogens with zero attached hydrogens (tertiary/aromatic N) is 1. The van der Waals surface area contributed by atoms with Gasteiger partial charge < -0.3 is 18.8 Å². The van der Waals surface area contributed by atoms with Gasteiger partial charge in [0, 0.05) is 35.2 Å². The van der Waals surface area contributed by atoms with Crippen molar-refractivity contribution in [3.63, 3.8) is 0 Å². The van der Waals surface area contributed by atoms with Gasteiger partial charge in [-0.05, 0) is 58.6 Å². The molecule has 2 heterocycles. The normalized spacial score (nSPS) is 17.3. The van der Waals surface area contributed by atoms with Crippen LogP contribution in [0.4, 0.5) is 10.5 Å². The Balaban J connectivity index is 2.17. The summed E-state index contributed by atoms with van der Waals surface area (Å²) in [6, 6.07) is 9.29. The lowest BCUT2D eigenvalue weighted by Gasteiger charge is -2.39. The molecule has 0 saturated carbocycles. The third-order valence-corrected chi connectivity index (χ3v) is 6.60. The molecule has 1 aromatic heterocycles. The van der Waals surface area contributed by atoms with Gasteiger partial charge >= 0.3 is 18.0 Å². The Hall–Kier alpha value is -3.29. The third-order valence-electron chi connectivity index (χ3n) is 6.60. The Morgan fingerprint density at radius 2 is 1.80 bits per heavy atom. The topological polar surface area (TPSA) is 95.9 Å². The van der Waals surface area contributed by atoms with Crippen molar-refractivity contribution in [2.45, 2.75) is 77.4 Å². The molecular weight excluding hydrogens is 448 g/mol. The van der Waals surface area contributed by atoms with E-state index in [0.29, 0.717) is 24.3 Å². The van der Waals surface area contributed by atoms with E-state index in [1.165, 1.54) is 14.2 Å². The molecular formula is C27H36N2O6. The quantitative estimate of drug-likeness (QED) is 0.401. The van der Waals surface area contributed by atoms with Crippen LogP contribution < -0.4 is 5.32 Å². The zero-order chi connectivity index (χ0) is 25.8. The Labute approximate surface area is 206 Å². The number of fused-ring (bicyclic) bond motifs is 1. The predicted molar refractivity (Wildman–Crippen MR) is 134 cm³/mol. The van der Waals surface area contributed by atoms with Crippen molar-refractivity contribution in [2.24, 2.45) is 0 Å². The number of hydrogen-bond donors (Lipinski definition) is 1. The second kappa shape index (κ2) is 10.5. The molecule has 0 bridgehead atoms. The molecule has 2 aromatic rings. The van der Waals surface area contributed by atoms with Gasteiger partial charge in [-0.1, -0.05) is 25.1 Å². The monoisotopic (exact) mass is 484 g/mol. The Kier molecular flexibility index (Phi) is 7.93. The van der Waals surface area contributed by atoms with Gasteiger partial charge in [-0.25, -0.2) is 9.59 Å². The minimum Gasteiger partial charge on any atom is -0.469 e. The van der Waals surface area contributed by atoms with Crippen LogP contribution in [0.25, 0.3) is 11.1 Å². The molecule has 0 aliphatic carbocycles. The van der Waals surface area contributed by atoms with Crippen LogP contribution >= 0.6 is 0 Å². The fourth-order valence-corrected chi connectivity index (χ4v) is 4.97. The van der Waals surface area contributed by atoms with E-state index in [2.05, 4.69) is 12.2 Å². The van der Waals surface area contributed by atoms with Gasteiger partial charge in [0.15, 0.2) is 0 Å². The number of ether oxygens (including phenoxy) is 3.